The van der Waals surface area contributed by atoms with E-state index in [4.69, 9.17) is 24.3 Å². The van der Waals surface area contributed by atoms with Gasteiger partial charge in [0.2, 0.25) is 0 Å². The van der Waals surface area contributed by atoms with E-state index >= 15 is 0 Å². The van der Waals surface area contributed by atoms with Crippen LogP contribution in [0.4, 0.5) is 0 Å². The normalized spacial score (nSPS) is 14.0. The number of esters is 2. The van der Waals surface area contributed by atoms with E-state index in [0.717, 1.165) is 103 Å². The molecular formula is C43H72NO9P. The van der Waals surface area contributed by atoms with Crippen molar-refractivity contribution >= 4 is 25.5 Å². The minimum Gasteiger partial charge on any atom is -0.462 e. The molecule has 0 radical (unpaired) electrons. The lowest BCUT2D eigenvalue weighted by Crippen LogP contribution is -2.29. The molecule has 11 heteroatoms. The van der Waals surface area contributed by atoms with Gasteiger partial charge in [0.15, 0.2) is 11.9 Å². The van der Waals surface area contributed by atoms with Crippen LogP contribution < -0.4 is 5.73 Å². The number of ketones is 1. The number of allylic oxidation sites excluding steroid dienone is 12. The van der Waals surface area contributed by atoms with Gasteiger partial charge in [-0.3, -0.25) is 23.4 Å². The Balaban J connectivity index is 4.32. The summed E-state index contributed by atoms with van der Waals surface area (Å²) in [7, 11) is -4.41. The van der Waals surface area contributed by atoms with Crippen molar-refractivity contribution in [2.24, 2.45) is 5.73 Å². The number of nitrogens with two attached hydrogens (primary N) is 1. The summed E-state index contributed by atoms with van der Waals surface area (Å²) in [4.78, 5) is 46.5. The molecule has 0 aromatic carbocycles. The Hall–Kier alpha value is -2.88. The average molecular weight is 778 g/mol. The average Bonchev–Trinajstić information content (AvgIpc) is 3.15. The minimum atomic E-state index is -4.41. The molecule has 0 fully saturated rings. The first kappa shape index (κ1) is 51.1. The Labute approximate surface area is 327 Å². The van der Waals surface area contributed by atoms with E-state index in [0.29, 0.717) is 19.3 Å². The molecule has 0 saturated heterocycles. The molecule has 0 aliphatic heterocycles. The molecule has 3 N–H and O–H groups in total. The Morgan fingerprint density at radius 1 is 0.630 bits per heavy atom. The molecule has 0 aromatic heterocycles. The van der Waals surface area contributed by atoms with Gasteiger partial charge in [-0.05, 0) is 76.7 Å². The van der Waals surface area contributed by atoms with E-state index in [1.807, 2.05) is 12.2 Å². The molecule has 0 aliphatic rings. The summed E-state index contributed by atoms with van der Waals surface area (Å²) >= 11 is 0. The smallest absolute Gasteiger partial charge is 0.462 e. The first-order chi connectivity index (χ1) is 26.2. The van der Waals surface area contributed by atoms with Crippen LogP contribution in [0.3, 0.4) is 0 Å². The fraction of sp³-hybridized carbons (Fsp3) is 0.651. The molecule has 0 amide bonds. The van der Waals surface area contributed by atoms with Crippen molar-refractivity contribution in [2.45, 2.75) is 155 Å². The third-order valence-corrected chi connectivity index (χ3v) is 9.04. The van der Waals surface area contributed by atoms with Gasteiger partial charge in [-0.1, -0.05) is 126 Å². The SMILES string of the molecule is CC/C=C\C/C=C\C/C=C\C/C=C\CCCCCCC(=O)OC[C@H](COP(=O)(O)OCCN)OC(=O)CCCCCCC/C=C\C=C\C(=O)CCCCC. The number of hydrogen-bond acceptors (Lipinski definition) is 9. The molecule has 0 spiro atoms. The summed E-state index contributed by atoms with van der Waals surface area (Å²) in [5.74, 6) is -0.756. The van der Waals surface area contributed by atoms with Gasteiger partial charge >= 0.3 is 19.8 Å². The van der Waals surface area contributed by atoms with Gasteiger partial charge in [-0.15, -0.1) is 0 Å². The minimum absolute atomic E-state index is 0.0316. The third-order valence-electron chi connectivity index (χ3n) is 8.05. The predicted octanol–water partition coefficient (Wildman–Crippen LogP) is 10.7. The zero-order chi connectivity index (χ0) is 39.8. The second-order valence-electron chi connectivity index (χ2n) is 13.2. The van der Waals surface area contributed by atoms with E-state index in [2.05, 4.69) is 68.5 Å². The van der Waals surface area contributed by atoms with Crippen molar-refractivity contribution < 1.29 is 42.4 Å². The molecule has 10 nitrogen and oxygen atoms in total. The highest BCUT2D eigenvalue weighted by Crippen LogP contribution is 2.43. The standard InChI is InChI=1S/C43H72NO9P/c1-3-5-7-8-9-10-11-12-13-14-15-16-17-20-23-26-30-34-42(46)50-38-41(39-52-54(48,49)51-37-36-44)53-43(47)35-31-27-24-21-18-19-22-25-29-33-40(45)32-28-6-4-2/h5,7,9-10,12-13,15-16,22,25,29,33,41H,3-4,6,8,11,14,17-21,23-24,26-28,30-32,34-39,44H2,1-2H3,(H,48,49)/b7-5-,10-9-,13-12-,16-15-,25-22-,33-29+/t41-/m1/s1. The maximum atomic E-state index is 12.5. The molecule has 0 aromatic rings. The summed E-state index contributed by atoms with van der Waals surface area (Å²) in [6.45, 7) is 3.35. The van der Waals surface area contributed by atoms with Crippen molar-refractivity contribution in [2.75, 3.05) is 26.4 Å². The van der Waals surface area contributed by atoms with E-state index in [-0.39, 0.29) is 38.4 Å². The molecule has 0 aliphatic carbocycles. The second-order valence-corrected chi connectivity index (χ2v) is 14.6. The van der Waals surface area contributed by atoms with Gasteiger partial charge in [0.05, 0.1) is 13.2 Å². The van der Waals surface area contributed by atoms with E-state index in [1.54, 1.807) is 6.08 Å². The number of carbonyl (C=O) groups is 3. The lowest BCUT2D eigenvalue weighted by atomic mass is 10.1. The summed E-state index contributed by atoms with van der Waals surface area (Å²) in [5.41, 5.74) is 5.33. The van der Waals surface area contributed by atoms with Crippen LogP contribution in [-0.2, 0) is 37.5 Å². The van der Waals surface area contributed by atoms with Crippen LogP contribution in [0, 0.1) is 0 Å². The maximum absolute atomic E-state index is 12.5. The fourth-order valence-corrected chi connectivity index (χ4v) is 5.78. The molecule has 2 atom stereocenters. The summed E-state index contributed by atoms with van der Waals surface area (Å²) in [6, 6.07) is 0. The summed E-state index contributed by atoms with van der Waals surface area (Å²) in [6.07, 6.45) is 42.0. The van der Waals surface area contributed by atoms with Crippen LogP contribution in [0.5, 0.6) is 0 Å². The highest BCUT2D eigenvalue weighted by Gasteiger charge is 2.26. The number of rotatable bonds is 37. The predicted molar refractivity (Wildman–Crippen MR) is 220 cm³/mol. The molecule has 0 bridgehead atoms. The Kier molecular flexibility index (Phi) is 36.3. The van der Waals surface area contributed by atoms with Crippen molar-refractivity contribution in [1.82, 2.24) is 0 Å². The van der Waals surface area contributed by atoms with Crippen LogP contribution in [0.25, 0.3) is 0 Å². The van der Waals surface area contributed by atoms with Crippen LogP contribution in [0.1, 0.15) is 149 Å². The van der Waals surface area contributed by atoms with Gasteiger partial charge in [0, 0.05) is 25.8 Å². The van der Waals surface area contributed by atoms with E-state index in [9.17, 15) is 23.8 Å². The Morgan fingerprint density at radius 3 is 1.81 bits per heavy atom. The number of phosphoric acid groups is 1. The number of hydrogen-bond donors (Lipinski definition) is 2. The van der Waals surface area contributed by atoms with Crippen LogP contribution in [-0.4, -0.2) is 55.1 Å². The van der Waals surface area contributed by atoms with Gasteiger partial charge in [0.1, 0.15) is 6.61 Å². The number of phosphoric ester groups is 1. The molecule has 0 heterocycles. The first-order valence-electron chi connectivity index (χ1n) is 20.4. The van der Waals surface area contributed by atoms with Gasteiger partial charge in [-0.2, -0.15) is 0 Å². The van der Waals surface area contributed by atoms with E-state index in [1.165, 1.54) is 0 Å². The molecule has 0 rings (SSSR count). The third kappa shape index (κ3) is 37.4. The highest BCUT2D eigenvalue weighted by atomic mass is 31.2. The largest absolute Gasteiger partial charge is 0.472 e. The van der Waals surface area contributed by atoms with Gasteiger partial charge in [-0.25, -0.2) is 4.57 Å². The van der Waals surface area contributed by atoms with Crippen LogP contribution in [0.2, 0.25) is 0 Å². The Morgan fingerprint density at radius 2 is 1.19 bits per heavy atom. The summed E-state index contributed by atoms with van der Waals surface area (Å²) < 4.78 is 32.6. The van der Waals surface area contributed by atoms with Crippen molar-refractivity contribution in [3.05, 3.63) is 72.9 Å². The zero-order valence-corrected chi connectivity index (χ0v) is 34.3. The Bertz CT molecular complexity index is 1180. The lowest BCUT2D eigenvalue weighted by molar-refractivity contribution is -0.161. The van der Waals surface area contributed by atoms with Crippen LogP contribution in [0.15, 0.2) is 72.9 Å². The fourth-order valence-electron chi connectivity index (χ4n) is 5.02. The number of unbranched alkanes of at least 4 members (excludes halogenated alkanes) is 11. The molecular weight excluding hydrogens is 705 g/mol. The monoisotopic (exact) mass is 777 g/mol. The molecule has 1 unspecified atom stereocenters. The highest BCUT2D eigenvalue weighted by molar-refractivity contribution is 7.47. The van der Waals surface area contributed by atoms with Gasteiger partial charge in [0.25, 0.3) is 0 Å². The van der Waals surface area contributed by atoms with Crippen molar-refractivity contribution in [3.8, 4) is 0 Å². The first-order valence-corrected chi connectivity index (χ1v) is 21.9. The molecule has 54 heavy (non-hydrogen) atoms. The zero-order valence-electron chi connectivity index (χ0n) is 33.4. The topological polar surface area (TPSA) is 151 Å². The number of carbonyl (C=O) groups excluding carboxylic acids is 3. The summed E-state index contributed by atoms with van der Waals surface area (Å²) in [5, 5.41) is 0. The van der Waals surface area contributed by atoms with Crippen molar-refractivity contribution in [3.63, 3.8) is 0 Å². The number of ether oxygens (including phenoxy) is 2. The second kappa shape index (κ2) is 38.4. The van der Waals surface area contributed by atoms with Crippen LogP contribution >= 0.6 is 7.82 Å². The quantitative estimate of drug-likeness (QED) is 0.0156. The van der Waals surface area contributed by atoms with Gasteiger partial charge < -0.3 is 20.1 Å². The molecule has 0 saturated carbocycles. The molecule has 308 valence electrons. The van der Waals surface area contributed by atoms with Crippen molar-refractivity contribution in [1.29, 1.82) is 0 Å². The lowest BCUT2D eigenvalue weighted by Gasteiger charge is -2.19. The van der Waals surface area contributed by atoms with E-state index < -0.39 is 32.5 Å². The maximum Gasteiger partial charge on any atom is 0.472 e.